The summed E-state index contributed by atoms with van der Waals surface area (Å²) >= 11 is 5.93. The first-order valence-corrected chi connectivity index (χ1v) is 12.1. The average Bonchev–Trinajstić information content (AvgIpc) is 2.87. The Kier molecular flexibility index (Phi) is 10.1. The van der Waals surface area contributed by atoms with Crippen molar-refractivity contribution in [3.8, 4) is 5.75 Å². The maximum atomic E-state index is 13.5. The number of nitrogens with zero attached hydrogens (tertiary/aromatic N) is 1. The average molecular weight is 497 g/mol. The summed E-state index contributed by atoms with van der Waals surface area (Å²) in [6.07, 6.45) is 2.12. The molecule has 0 saturated heterocycles. The van der Waals surface area contributed by atoms with Crippen molar-refractivity contribution in [3.05, 3.63) is 101 Å². The molecule has 0 saturated carbocycles. The number of benzene rings is 3. The number of unbranched alkanes of at least 4 members (excludes halogenated alkanes) is 1. The summed E-state index contributed by atoms with van der Waals surface area (Å²) in [6.45, 7) is 2.46. The normalized spacial score (nSPS) is 11.5. The highest BCUT2D eigenvalue weighted by Crippen LogP contribution is 2.18. The minimum atomic E-state index is -0.763. The highest BCUT2D eigenvalue weighted by atomic mass is 35.5. The quantitative estimate of drug-likeness (QED) is 0.341. The van der Waals surface area contributed by atoms with Crippen LogP contribution in [0.1, 0.15) is 30.9 Å². The molecule has 1 N–H and O–H groups in total. The van der Waals surface area contributed by atoms with Gasteiger partial charge in [0.1, 0.15) is 17.6 Å². The van der Waals surface area contributed by atoms with Gasteiger partial charge in [-0.1, -0.05) is 67.4 Å². The van der Waals surface area contributed by atoms with E-state index in [-0.39, 0.29) is 30.8 Å². The Morgan fingerprint density at radius 3 is 2.31 bits per heavy atom. The third-order valence-electron chi connectivity index (χ3n) is 5.54. The number of nitrogens with one attached hydrogen (secondary N) is 1. The zero-order chi connectivity index (χ0) is 25.0. The van der Waals surface area contributed by atoms with E-state index in [0.29, 0.717) is 29.3 Å². The predicted molar refractivity (Wildman–Crippen MR) is 136 cm³/mol. The lowest BCUT2D eigenvalue weighted by Gasteiger charge is -2.31. The number of hydrogen-bond acceptors (Lipinski definition) is 3. The third kappa shape index (κ3) is 8.41. The van der Waals surface area contributed by atoms with Crippen LogP contribution in [0.3, 0.4) is 0 Å². The van der Waals surface area contributed by atoms with Crippen molar-refractivity contribution in [3.63, 3.8) is 0 Å². The summed E-state index contributed by atoms with van der Waals surface area (Å²) in [7, 11) is 0. The van der Waals surface area contributed by atoms with Crippen LogP contribution in [-0.4, -0.2) is 35.9 Å². The molecule has 0 aliphatic carbocycles. The molecule has 35 heavy (non-hydrogen) atoms. The van der Waals surface area contributed by atoms with E-state index in [1.165, 1.54) is 17.0 Å². The van der Waals surface area contributed by atoms with Crippen molar-refractivity contribution >= 4 is 23.4 Å². The molecule has 184 valence electrons. The third-order valence-corrected chi connectivity index (χ3v) is 5.79. The van der Waals surface area contributed by atoms with Gasteiger partial charge in [-0.2, -0.15) is 0 Å². The molecule has 3 rings (SSSR count). The molecule has 0 unspecified atom stereocenters. The topological polar surface area (TPSA) is 58.6 Å². The molecule has 0 fully saturated rings. The second-order valence-electron chi connectivity index (χ2n) is 8.24. The molecule has 0 heterocycles. The van der Waals surface area contributed by atoms with Crippen molar-refractivity contribution < 1.29 is 18.7 Å². The van der Waals surface area contributed by atoms with Gasteiger partial charge in [-0.3, -0.25) is 9.59 Å². The number of halogens is 2. The molecule has 0 aromatic heterocycles. The summed E-state index contributed by atoms with van der Waals surface area (Å²) in [4.78, 5) is 28.3. The number of ether oxygens (including phenoxy) is 1. The van der Waals surface area contributed by atoms with Gasteiger partial charge in [0, 0.05) is 24.5 Å². The van der Waals surface area contributed by atoms with Crippen LogP contribution in [0, 0.1) is 5.82 Å². The second kappa shape index (κ2) is 13.5. The Bertz CT molecular complexity index is 1080. The molecule has 1 atom stereocenters. The van der Waals surface area contributed by atoms with Gasteiger partial charge < -0.3 is 15.0 Å². The predicted octanol–water partition coefficient (Wildman–Crippen LogP) is 5.41. The number of rotatable bonds is 12. The Balaban J connectivity index is 1.86. The van der Waals surface area contributed by atoms with E-state index >= 15 is 0 Å². The van der Waals surface area contributed by atoms with Crippen molar-refractivity contribution in [1.29, 1.82) is 0 Å². The molecule has 0 radical (unpaired) electrons. The van der Waals surface area contributed by atoms with Crippen molar-refractivity contribution in [2.45, 2.75) is 38.8 Å². The summed E-state index contributed by atoms with van der Waals surface area (Å²) in [6, 6.07) is 21.4. The van der Waals surface area contributed by atoms with Crippen LogP contribution in [0.4, 0.5) is 4.39 Å². The van der Waals surface area contributed by atoms with E-state index in [4.69, 9.17) is 16.3 Å². The fourth-order valence-corrected chi connectivity index (χ4v) is 3.73. The van der Waals surface area contributed by atoms with Gasteiger partial charge in [-0.05, 0) is 53.9 Å². The SMILES string of the molecule is CCCCNC(=O)[C@@H](Cc1ccccc1)N(Cc1ccc(F)cc1)C(=O)COc1ccc(Cl)cc1. The summed E-state index contributed by atoms with van der Waals surface area (Å²) in [5, 5.41) is 3.53. The van der Waals surface area contributed by atoms with Gasteiger partial charge in [-0.25, -0.2) is 4.39 Å². The van der Waals surface area contributed by atoms with Crippen LogP contribution in [0.2, 0.25) is 5.02 Å². The molecule has 0 aliphatic rings. The molecule has 0 spiro atoms. The summed E-state index contributed by atoms with van der Waals surface area (Å²) in [5.74, 6) is -0.451. The molecule has 3 aromatic carbocycles. The van der Waals surface area contributed by atoms with Gasteiger partial charge in [0.05, 0.1) is 0 Å². The molecule has 5 nitrogen and oxygen atoms in total. The standard InChI is InChI=1S/C28H30ClFN2O3/c1-2-3-17-31-28(34)26(18-21-7-5-4-6-8-21)32(19-22-9-13-24(30)14-10-22)27(33)20-35-25-15-11-23(29)12-16-25/h4-16,26H,2-3,17-20H2,1H3,(H,31,34)/t26-/m1/s1. The molecule has 7 heteroatoms. The highest BCUT2D eigenvalue weighted by Gasteiger charge is 2.30. The van der Waals surface area contributed by atoms with E-state index < -0.39 is 6.04 Å². The Labute approximate surface area is 210 Å². The van der Waals surface area contributed by atoms with Crippen molar-refractivity contribution in [1.82, 2.24) is 10.2 Å². The molecule has 0 bridgehead atoms. The number of hydrogen-bond donors (Lipinski definition) is 1. The van der Waals surface area contributed by atoms with Gasteiger partial charge in [-0.15, -0.1) is 0 Å². The maximum absolute atomic E-state index is 13.5. The number of carbonyl (C=O) groups is 2. The molecule has 3 aromatic rings. The maximum Gasteiger partial charge on any atom is 0.261 e. The minimum absolute atomic E-state index is 0.141. The summed E-state index contributed by atoms with van der Waals surface area (Å²) in [5.41, 5.74) is 1.64. The fraction of sp³-hybridized carbons (Fsp3) is 0.286. The van der Waals surface area contributed by atoms with E-state index in [9.17, 15) is 14.0 Å². The zero-order valence-corrected chi connectivity index (χ0v) is 20.5. The fourth-order valence-electron chi connectivity index (χ4n) is 3.61. The van der Waals surface area contributed by atoms with Gasteiger partial charge in [0.2, 0.25) is 5.91 Å². The smallest absolute Gasteiger partial charge is 0.261 e. The highest BCUT2D eigenvalue weighted by molar-refractivity contribution is 6.30. The number of carbonyl (C=O) groups excluding carboxylic acids is 2. The van der Waals surface area contributed by atoms with Gasteiger partial charge in [0.25, 0.3) is 5.91 Å². The second-order valence-corrected chi connectivity index (χ2v) is 8.68. The van der Waals surface area contributed by atoms with E-state index in [0.717, 1.165) is 18.4 Å². The molecule has 0 aliphatic heterocycles. The lowest BCUT2D eigenvalue weighted by molar-refractivity contribution is -0.142. The largest absolute Gasteiger partial charge is 0.484 e. The van der Waals surface area contributed by atoms with Crippen molar-refractivity contribution in [2.24, 2.45) is 0 Å². The zero-order valence-electron chi connectivity index (χ0n) is 19.8. The van der Waals surface area contributed by atoms with Crippen molar-refractivity contribution in [2.75, 3.05) is 13.2 Å². The van der Waals surface area contributed by atoms with Crippen LogP contribution in [-0.2, 0) is 22.6 Å². The molecular formula is C28H30ClFN2O3. The first kappa shape index (κ1) is 26.2. The lowest BCUT2D eigenvalue weighted by atomic mass is 10.0. The van der Waals surface area contributed by atoms with Crippen LogP contribution >= 0.6 is 11.6 Å². The van der Waals surface area contributed by atoms with E-state index in [1.54, 1.807) is 36.4 Å². The van der Waals surface area contributed by atoms with E-state index in [1.807, 2.05) is 37.3 Å². The molecular weight excluding hydrogens is 467 g/mol. The Morgan fingerprint density at radius 1 is 0.971 bits per heavy atom. The monoisotopic (exact) mass is 496 g/mol. The Morgan fingerprint density at radius 2 is 1.66 bits per heavy atom. The van der Waals surface area contributed by atoms with Gasteiger partial charge >= 0.3 is 0 Å². The Hall–Kier alpha value is -3.38. The lowest BCUT2D eigenvalue weighted by Crippen LogP contribution is -2.51. The van der Waals surface area contributed by atoms with Crippen LogP contribution in [0.25, 0.3) is 0 Å². The minimum Gasteiger partial charge on any atom is -0.484 e. The first-order valence-electron chi connectivity index (χ1n) is 11.7. The van der Waals surface area contributed by atoms with Crippen LogP contribution in [0.5, 0.6) is 5.75 Å². The first-order chi connectivity index (χ1) is 17.0. The summed E-state index contributed by atoms with van der Waals surface area (Å²) < 4.78 is 19.2. The van der Waals surface area contributed by atoms with Gasteiger partial charge in [0.15, 0.2) is 6.61 Å². The van der Waals surface area contributed by atoms with E-state index in [2.05, 4.69) is 5.32 Å². The van der Waals surface area contributed by atoms with Crippen LogP contribution in [0.15, 0.2) is 78.9 Å². The van der Waals surface area contributed by atoms with Crippen LogP contribution < -0.4 is 10.1 Å². The molecule has 2 amide bonds. The number of amides is 2.